The summed E-state index contributed by atoms with van der Waals surface area (Å²) in [6, 6.07) is 0. The van der Waals surface area contributed by atoms with E-state index in [0.717, 1.165) is 167 Å². The molecule has 0 aliphatic heterocycles. The summed E-state index contributed by atoms with van der Waals surface area (Å²) in [5.41, 5.74) is 0. The fourth-order valence-corrected chi connectivity index (χ4v) is 8.21. The van der Waals surface area contributed by atoms with Gasteiger partial charge in [0.1, 0.15) is 13.2 Å². The van der Waals surface area contributed by atoms with Crippen LogP contribution in [-0.2, 0) is 28.6 Å². The Morgan fingerprint density at radius 2 is 0.482 bits per heavy atom. The first-order valence-electron chi connectivity index (χ1n) is 32.9. The van der Waals surface area contributed by atoms with Crippen molar-refractivity contribution in [2.75, 3.05) is 13.2 Å². The second kappa shape index (κ2) is 68.7. The van der Waals surface area contributed by atoms with E-state index in [9.17, 15) is 14.4 Å². The Morgan fingerprint density at radius 3 is 0.795 bits per heavy atom. The lowest BCUT2D eigenvalue weighted by molar-refractivity contribution is -0.167. The third kappa shape index (κ3) is 66.9. The highest BCUT2D eigenvalue weighted by Crippen LogP contribution is 2.13. The molecule has 0 aromatic rings. The zero-order valence-electron chi connectivity index (χ0n) is 52.9. The molecule has 0 N–H and O–H groups in total. The summed E-state index contributed by atoms with van der Waals surface area (Å²) in [6.45, 7) is 6.31. The van der Waals surface area contributed by atoms with Gasteiger partial charge in [0.25, 0.3) is 0 Å². The van der Waals surface area contributed by atoms with Gasteiger partial charge in [-0.1, -0.05) is 267 Å². The Morgan fingerprint density at radius 1 is 0.253 bits per heavy atom. The fourth-order valence-electron chi connectivity index (χ4n) is 8.21. The van der Waals surface area contributed by atoms with Crippen LogP contribution >= 0.6 is 0 Å². The summed E-state index contributed by atoms with van der Waals surface area (Å²) in [5, 5.41) is 0. The molecule has 0 saturated carbocycles. The van der Waals surface area contributed by atoms with Crippen LogP contribution in [-0.4, -0.2) is 37.2 Å². The van der Waals surface area contributed by atoms with Crippen LogP contribution in [0, 0.1) is 0 Å². The molecule has 1 unspecified atom stereocenters. The Kier molecular flexibility index (Phi) is 64.0. The monoisotopic (exact) mass is 1140 g/mol. The van der Waals surface area contributed by atoms with Crippen LogP contribution in [0.2, 0.25) is 0 Å². The molecule has 0 rings (SSSR count). The first-order valence-corrected chi connectivity index (χ1v) is 32.9. The molecule has 0 saturated heterocycles. The van der Waals surface area contributed by atoms with Gasteiger partial charge in [0.15, 0.2) is 6.10 Å². The van der Waals surface area contributed by atoms with Gasteiger partial charge in [-0.05, 0) is 161 Å². The van der Waals surface area contributed by atoms with Crippen LogP contribution in [0.15, 0.2) is 194 Å². The standard InChI is InChI=1S/C77H118O6/c1-4-7-10-13-16-19-22-25-27-29-31-33-35-36-37-38-39-40-42-43-45-47-49-52-55-58-61-64-67-70-76(79)82-73-74(72-81-75(78)69-66-63-60-57-54-51-24-21-18-15-12-9-6-3)83-77(80)71-68-65-62-59-56-53-50-48-46-44-41-34-32-30-28-26-23-20-17-14-11-8-5-2/h7-8,10-11,16-17,19-21,24-28,31-34,36-37,39-40,43-46,49-50,52-53,58,61,74H,4-6,9,12-15,18,22-23,29-30,35,38,41-42,47-48,51,54-57,59-60,62-73H2,1-3H3/b10-7-,11-8-,19-16-,20-17-,24-21-,27-25-,28-26-,33-31-,34-32-,37-36-,40-39-,45-43-,46-44-,52-49-,53-50-,61-58-. The number of ether oxygens (including phenoxy) is 3. The Hall–Kier alpha value is -5.75. The first kappa shape index (κ1) is 77.2. The quantitative estimate of drug-likeness (QED) is 0.0261. The maximum atomic E-state index is 12.9. The number of allylic oxidation sites excluding steroid dienone is 32. The van der Waals surface area contributed by atoms with Crippen molar-refractivity contribution in [3.8, 4) is 0 Å². The average Bonchev–Trinajstić information content (AvgIpc) is 3.49. The molecule has 0 heterocycles. The van der Waals surface area contributed by atoms with E-state index in [1.54, 1.807) is 0 Å². The molecule has 0 bridgehead atoms. The van der Waals surface area contributed by atoms with Crippen LogP contribution in [0.25, 0.3) is 0 Å². The predicted octanol–water partition coefficient (Wildman–Crippen LogP) is 23.0. The van der Waals surface area contributed by atoms with Crippen molar-refractivity contribution in [3.05, 3.63) is 194 Å². The van der Waals surface area contributed by atoms with Gasteiger partial charge in [0.05, 0.1) is 0 Å². The first-order chi connectivity index (χ1) is 41.0. The van der Waals surface area contributed by atoms with Crippen molar-refractivity contribution in [2.24, 2.45) is 0 Å². The van der Waals surface area contributed by atoms with E-state index in [1.807, 2.05) is 0 Å². The molecule has 0 aliphatic carbocycles. The minimum absolute atomic E-state index is 0.121. The molecule has 0 fully saturated rings. The molecule has 0 radical (unpaired) electrons. The number of hydrogen-bond donors (Lipinski definition) is 0. The van der Waals surface area contributed by atoms with E-state index < -0.39 is 6.10 Å². The highest BCUT2D eigenvalue weighted by Gasteiger charge is 2.19. The van der Waals surface area contributed by atoms with Gasteiger partial charge in [-0.25, -0.2) is 0 Å². The molecule has 1 atom stereocenters. The summed E-state index contributed by atoms with van der Waals surface area (Å²) in [7, 11) is 0. The van der Waals surface area contributed by atoms with E-state index in [0.29, 0.717) is 12.8 Å². The summed E-state index contributed by atoms with van der Waals surface area (Å²) in [6.07, 6.45) is 104. The summed E-state index contributed by atoms with van der Waals surface area (Å²) in [4.78, 5) is 38.3. The van der Waals surface area contributed by atoms with Crippen molar-refractivity contribution in [1.29, 1.82) is 0 Å². The van der Waals surface area contributed by atoms with Crippen molar-refractivity contribution >= 4 is 17.9 Å². The fraction of sp³-hybridized carbons (Fsp3) is 0.545. The Balaban J connectivity index is 4.53. The van der Waals surface area contributed by atoms with Crippen molar-refractivity contribution in [1.82, 2.24) is 0 Å². The molecular weight excluding hydrogens is 1020 g/mol. The number of rotatable bonds is 57. The maximum absolute atomic E-state index is 12.9. The smallest absolute Gasteiger partial charge is 0.306 e. The van der Waals surface area contributed by atoms with E-state index >= 15 is 0 Å². The third-order valence-electron chi connectivity index (χ3n) is 13.1. The number of unbranched alkanes of at least 4 members (excludes halogenated alkanes) is 14. The van der Waals surface area contributed by atoms with Gasteiger partial charge in [-0.15, -0.1) is 0 Å². The zero-order chi connectivity index (χ0) is 59.9. The van der Waals surface area contributed by atoms with Crippen molar-refractivity contribution in [3.63, 3.8) is 0 Å². The molecular formula is C77H118O6. The molecule has 0 aliphatic rings. The van der Waals surface area contributed by atoms with Gasteiger partial charge in [-0.3, -0.25) is 14.4 Å². The lowest BCUT2D eigenvalue weighted by Gasteiger charge is -2.18. The Bertz CT molecular complexity index is 1990. The molecule has 83 heavy (non-hydrogen) atoms. The second-order valence-corrected chi connectivity index (χ2v) is 20.9. The number of hydrogen-bond acceptors (Lipinski definition) is 6. The predicted molar refractivity (Wildman–Crippen MR) is 361 cm³/mol. The van der Waals surface area contributed by atoms with Gasteiger partial charge in [0.2, 0.25) is 0 Å². The lowest BCUT2D eigenvalue weighted by atomic mass is 10.1. The molecule has 0 amide bonds. The number of carbonyl (C=O) groups excluding carboxylic acids is 3. The average molecular weight is 1140 g/mol. The molecule has 0 spiro atoms. The van der Waals surface area contributed by atoms with E-state index in [2.05, 4.69) is 215 Å². The second-order valence-electron chi connectivity index (χ2n) is 20.9. The lowest BCUT2D eigenvalue weighted by Crippen LogP contribution is -2.30. The zero-order valence-corrected chi connectivity index (χ0v) is 52.9. The van der Waals surface area contributed by atoms with Gasteiger partial charge >= 0.3 is 17.9 Å². The van der Waals surface area contributed by atoms with E-state index in [4.69, 9.17) is 14.2 Å². The minimum atomic E-state index is -0.832. The minimum Gasteiger partial charge on any atom is -0.462 e. The maximum Gasteiger partial charge on any atom is 0.306 e. The Labute approximate surface area is 509 Å². The largest absolute Gasteiger partial charge is 0.462 e. The van der Waals surface area contributed by atoms with E-state index in [-0.39, 0.29) is 44.0 Å². The van der Waals surface area contributed by atoms with Crippen molar-refractivity contribution < 1.29 is 28.6 Å². The van der Waals surface area contributed by atoms with Crippen LogP contribution in [0.1, 0.15) is 252 Å². The van der Waals surface area contributed by atoms with Crippen molar-refractivity contribution in [2.45, 2.75) is 258 Å². The normalized spacial score (nSPS) is 13.4. The van der Waals surface area contributed by atoms with Crippen LogP contribution < -0.4 is 0 Å². The summed E-state index contributed by atoms with van der Waals surface area (Å²) in [5.74, 6) is -1.03. The van der Waals surface area contributed by atoms with E-state index in [1.165, 1.54) is 38.5 Å². The highest BCUT2D eigenvalue weighted by molar-refractivity contribution is 5.71. The molecule has 0 aromatic heterocycles. The summed E-state index contributed by atoms with van der Waals surface area (Å²) < 4.78 is 16.8. The van der Waals surface area contributed by atoms with Crippen LogP contribution in [0.5, 0.6) is 0 Å². The highest BCUT2D eigenvalue weighted by atomic mass is 16.6. The molecule has 6 heteroatoms. The van der Waals surface area contributed by atoms with Crippen LogP contribution in [0.4, 0.5) is 0 Å². The topological polar surface area (TPSA) is 78.9 Å². The number of esters is 3. The summed E-state index contributed by atoms with van der Waals surface area (Å²) >= 11 is 0. The third-order valence-corrected chi connectivity index (χ3v) is 13.1. The SMILES string of the molecule is CC/C=C\C/C=C\C/C=C\C/C=C\C/C=C\C/C=C\C/C=C\C/C=C\C/C=C\CCCC(=O)OCC(COC(=O)CCCCCCC/C=C\CCCCCC)OC(=O)CCCCCC/C=C\C/C=C\C/C=C\C/C=C\C/C=C\C/C=C\CC. The molecule has 462 valence electrons. The molecule has 6 nitrogen and oxygen atoms in total. The van der Waals surface area contributed by atoms with Gasteiger partial charge in [0, 0.05) is 19.3 Å². The van der Waals surface area contributed by atoms with Gasteiger partial charge in [-0.2, -0.15) is 0 Å². The van der Waals surface area contributed by atoms with Gasteiger partial charge < -0.3 is 14.2 Å². The number of carbonyl (C=O) groups is 3. The van der Waals surface area contributed by atoms with Crippen LogP contribution in [0.3, 0.4) is 0 Å². The molecule has 0 aromatic carbocycles.